The topological polar surface area (TPSA) is 84.9 Å². The molecule has 1 atom stereocenters. The zero-order valence-corrected chi connectivity index (χ0v) is 26.9. The summed E-state index contributed by atoms with van der Waals surface area (Å²) in [7, 11) is 0. The number of ether oxygens (including phenoxy) is 2. The van der Waals surface area contributed by atoms with Crippen LogP contribution in [0.25, 0.3) is 10.8 Å². The lowest BCUT2D eigenvalue weighted by molar-refractivity contribution is -0.150. The van der Waals surface area contributed by atoms with E-state index in [1.54, 1.807) is 33.8 Å². The minimum absolute atomic E-state index is 0.0539. The van der Waals surface area contributed by atoms with Gasteiger partial charge < -0.3 is 9.47 Å². The van der Waals surface area contributed by atoms with Gasteiger partial charge >= 0.3 is 12.1 Å². The molecule has 7 nitrogen and oxygen atoms in total. The molecule has 2 amide bonds. The molecule has 0 aromatic heterocycles. The fraction of sp³-hybridized carbons (Fsp3) is 0.229. The summed E-state index contributed by atoms with van der Waals surface area (Å²) in [6.07, 6.45) is -2.25. The second kappa shape index (κ2) is 12.5. The van der Waals surface area contributed by atoms with Crippen molar-refractivity contribution >= 4 is 57.3 Å². The van der Waals surface area contributed by atoms with Gasteiger partial charge in [-0.1, -0.05) is 115 Å². The van der Waals surface area contributed by atoms with Gasteiger partial charge in [-0.05, 0) is 50.1 Å². The third-order valence-corrected chi connectivity index (χ3v) is 11.5. The molecule has 0 saturated carbocycles. The maximum atomic E-state index is 14.5. The molecular weight excluding hydrogens is 591 g/mol. The summed E-state index contributed by atoms with van der Waals surface area (Å²) >= 11 is 6.56. The van der Waals surface area contributed by atoms with Crippen molar-refractivity contribution in [2.45, 2.75) is 38.8 Å². The van der Waals surface area contributed by atoms with Crippen LogP contribution in [0.3, 0.4) is 0 Å². The largest absolute Gasteiger partial charge is 0.464 e. The SMILES string of the molecule is CCOC(=O)C(NP(=S)(c1ccccc1)c1ccccc1)(C1=CCN(C(=O)OC(C)(C)C)C1=O)c1ccc2ccccc2c1. The lowest BCUT2D eigenvalue weighted by atomic mass is 9.82. The minimum atomic E-state index is -3.05. The van der Waals surface area contributed by atoms with Crippen molar-refractivity contribution in [3.8, 4) is 0 Å². The number of carbonyl (C=O) groups excluding carboxylic acids is 3. The van der Waals surface area contributed by atoms with Crippen LogP contribution in [0.5, 0.6) is 0 Å². The Hall–Kier alpha value is -4.10. The zero-order chi connectivity index (χ0) is 31.5. The number of hydrogen-bond donors (Lipinski definition) is 1. The molecule has 4 aromatic carbocycles. The zero-order valence-electron chi connectivity index (χ0n) is 25.2. The molecule has 1 unspecified atom stereocenters. The van der Waals surface area contributed by atoms with E-state index >= 15 is 0 Å². The minimum Gasteiger partial charge on any atom is -0.464 e. The van der Waals surface area contributed by atoms with E-state index in [9.17, 15) is 14.4 Å². The lowest BCUT2D eigenvalue weighted by Gasteiger charge is -2.39. The van der Waals surface area contributed by atoms with E-state index in [4.69, 9.17) is 21.3 Å². The Kier molecular flexibility index (Phi) is 8.89. The Labute approximate surface area is 262 Å². The second-order valence-corrected chi connectivity index (χ2v) is 15.6. The maximum absolute atomic E-state index is 14.5. The lowest BCUT2D eigenvalue weighted by Crippen LogP contribution is -2.55. The van der Waals surface area contributed by atoms with Gasteiger partial charge in [0.05, 0.1) is 24.9 Å². The summed E-state index contributed by atoms with van der Waals surface area (Å²) in [4.78, 5) is 43.0. The Bertz CT molecular complexity index is 1740. The highest BCUT2D eigenvalue weighted by Gasteiger charge is 2.54. The van der Waals surface area contributed by atoms with Crippen LogP contribution < -0.4 is 15.7 Å². The predicted molar refractivity (Wildman–Crippen MR) is 178 cm³/mol. The van der Waals surface area contributed by atoms with E-state index in [-0.39, 0.29) is 18.7 Å². The standard InChI is InChI=1S/C35H35N2O5PS/c1-5-41-32(39)35(27-21-20-25-14-12-13-15-26(25)24-27,30-22-23-37(31(30)38)33(40)42-34(2,3)4)36-43(44,28-16-8-6-9-17-28)29-18-10-7-11-19-29/h6-22,24H,5,23H2,1-4H3,(H,36,44). The van der Waals surface area contributed by atoms with Gasteiger partial charge in [0, 0.05) is 10.6 Å². The van der Waals surface area contributed by atoms with Gasteiger partial charge in [0.2, 0.25) is 0 Å². The monoisotopic (exact) mass is 626 g/mol. The Morgan fingerprint density at radius 3 is 2.00 bits per heavy atom. The van der Waals surface area contributed by atoms with Gasteiger partial charge in [-0.25, -0.2) is 14.5 Å². The fourth-order valence-corrected chi connectivity index (χ4v) is 8.99. The van der Waals surface area contributed by atoms with Crippen LogP contribution in [-0.2, 0) is 36.4 Å². The fourth-order valence-electron chi connectivity index (χ4n) is 5.29. The van der Waals surface area contributed by atoms with Gasteiger partial charge in [0.25, 0.3) is 5.91 Å². The number of fused-ring (bicyclic) bond motifs is 1. The number of nitrogens with one attached hydrogen (secondary N) is 1. The molecule has 0 saturated heterocycles. The molecule has 9 heteroatoms. The average molecular weight is 627 g/mol. The van der Waals surface area contributed by atoms with Crippen LogP contribution >= 0.6 is 6.19 Å². The van der Waals surface area contributed by atoms with Crippen LogP contribution in [0.15, 0.2) is 115 Å². The second-order valence-electron chi connectivity index (χ2n) is 11.4. The first-order chi connectivity index (χ1) is 21.0. The van der Waals surface area contributed by atoms with Crippen molar-refractivity contribution in [1.82, 2.24) is 9.99 Å². The van der Waals surface area contributed by atoms with Gasteiger partial charge in [-0.3, -0.25) is 9.88 Å². The van der Waals surface area contributed by atoms with Crippen molar-refractivity contribution in [2.24, 2.45) is 0 Å². The number of carbonyl (C=O) groups is 3. The van der Waals surface area contributed by atoms with Crippen molar-refractivity contribution in [3.63, 3.8) is 0 Å². The first-order valence-corrected chi connectivity index (χ1v) is 17.2. The molecular formula is C35H35N2O5PS. The first-order valence-electron chi connectivity index (χ1n) is 14.4. The summed E-state index contributed by atoms with van der Waals surface area (Å²) in [5, 5.41) is 7.02. The van der Waals surface area contributed by atoms with E-state index < -0.39 is 35.3 Å². The Morgan fingerprint density at radius 2 is 1.43 bits per heavy atom. The Balaban J connectivity index is 1.78. The van der Waals surface area contributed by atoms with Gasteiger partial charge in [0.1, 0.15) is 5.60 Å². The highest BCUT2D eigenvalue weighted by atomic mass is 32.4. The van der Waals surface area contributed by atoms with Crippen LogP contribution in [0.2, 0.25) is 0 Å². The molecule has 4 aromatic rings. The molecule has 1 N–H and O–H groups in total. The van der Waals surface area contributed by atoms with Crippen molar-refractivity contribution in [3.05, 3.63) is 120 Å². The molecule has 0 fully saturated rings. The third kappa shape index (κ3) is 5.98. The van der Waals surface area contributed by atoms with E-state index in [1.165, 1.54) is 0 Å². The third-order valence-electron chi connectivity index (χ3n) is 7.30. The van der Waals surface area contributed by atoms with Gasteiger partial charge in [0.15, 0.2) is 5.54 Å². The highest BCUT2D eigenvalue weighted by Crippen LogP contribution is 2.48. The number of hydrogen-bond acceptors (Lipinski definition) is 6. The van der Waals surface area contributed by atoms with Crippen molar-refractivity contribution in [1.29, 1.82) is 0 Å². The van der Waals surface area contributed by atoms with Crippen LogP contribution in [-0.4, -0.2) is 41.6 Å². The van der Waals surface area contributed by atoms with Crippen molar-refractivity contribution in [2.75, 3.05) is 13.2 Å². The van der Waals surface area contributed by atoms with E-state index in [0.717, 1.165) is 26.3 Å². The summed E-state index contributed by atoms with van der Waals surface area (Å²) in [5.41, 5.74) is -2.16. The highest BCUT2D eigenvalue weighted by molar-refractivity contribution is 8.21. The summed E-state index contributed by atoms with van der Waals surface area (Å²) in [5.74, 6) is -1.35. The van der Waals surface area contributed by atoms with Crippen molar-refractivity contribution < 1.29 is 23.9 Å². The number of esters is 1. The number of benzene rings is 4. The van der Waals surface area contributed by atoms with Gasteiger partial charge in [-0.2, -0.15) is 0 Å². The molecule has 0 bridgehead atoms. The molecule has 1 aliphatic rings. The number of rotatable bonds is 8. The van der Waals surface area contributed by atoms with E-state index in [1.807, 2.05) is 103 Å². The van der Waals surface area contributed by atoms with E-state index in [2.05, 4.69) is 5.09 Å². The molecule has 0 spiro atoms. The molecule has 44 heavy (non-hydrogen) atoms. The predicted octanol–water partition coefficient (Wildman–Crippen LogP) is 5.94. The number of amides is 2. The van der Waals surface area contributed by atoms with Crippen LogP contribution in [0.1, 0.15) is 33.3 Å². The van der Waals surface area contributed by atoms with Crippen LogP contribution in [0.4, 0.5) is 4.79 Å². The number of nitrogens with zero attached hydrogens (tertiary/aromatic N) is 1. The smallest absolute Gasteiger partial charge is 0.417 e. The molecule has 0 radical (unpaired) electrons. The molecule has 1 aliphatic heterocycles. The Morgan fingerprint density at radius 1 is 0.864 bits per heavy atom. The summed E-state index contributed by atoms with van der Waals surface area (Å²) < 4.78 is 11.3. The summed E-state index contributed by atoms with van der Waals surface area (Å²) in [6, 6.07) is 32.4. The van der Waals surface area contributed by atoms with Crippen LogP contribution in [0, 0.1) is 0 Å². The molecule has 5 rings (SSSR count). The molecule has 1 heterocycles. The first kappa shape index (κ1) is 31.3. The summed E-state index contributed by atoms with van der Waals surface area (Å²) in [6.45, 7) is 6.90. The molecule has 0 aliphatic carbocycles. The quantitative estimate of drug-likeness (QED) is 0.192. The maximum Gasteiger partial charge on any atom is 0.417 e. The normalized spacial score (nSPS) is 15.0. The van der Waals surface area contributed by atoms with E-state index in [0.29, 0.717) is 5.56 Å². The number of imide groups is 1. The molecule has 226 valence electrons. The average Bonchev–Trinajstić information content (AvgIpc) is 3.41. The van der Waals surface area contributed by atoms with Gasteiger partial charge in [-0.15, -0.1) is 0 Å².